The molecule has 0 unspecified atom stereocenters. The first-order valence-corrected chi connectivity index (χ1v) is 9.66. The quantitative estimate of drug-likeness (QED) is 0.777. The molecule has 1 aliphatic heterocycles. The Kier molecular flexibility index (Phi) is 10.0. The van der Waals surface area contributed by atoms with Crippen LogP contribution in [0.2, 0.25) is 0 Å². The smallest absolute Gasteiger partial charge is 0.314 e. The van der Waals surface area contributed by atoms with Crippen LogP contribution in [0, 0.1) is 13.8 Å². The lowest BCUT2D eigenvalue weighted by molar-refractivity contribution is 0.236. The van der Waals surface area contributed by atoms with Crippen molar-refractivity contribution >= 4 is 11.7 Å². The van der Waals surface area contributed by atoms with Crippen LogP contribution in [-0.2, 0) is 0 Å². The number of hydrogen-bond donors (Lipinski definition) is 2. The number of urea groups is 1. The molecule has 1 aromatic rings. The molecule has 0 bridgehead atoms. The summed E-state index contributed by atoms with van der Waals surface area (Å²) in [6, 6.07) is 6.62. The van der Waals surface area contributed by atoms with Crippen LogP contribution in [0.4, 0.5) is 10.5 Å². The molecule has 0 atom stereocenters. The second-order valence-electron chi connectivity index (χ2n) is 6.26. The SMILES string of the molecule is CC.CCNC(=O)NCCCN1CCN(c2cc(C)ccc2C)CC1. The largest absolute Gasteiger partial charge is 0.369 e. The van der Waals surface area contributed by atoms with E-state index in [1.54, 1.807) is 0 Å². The lowest BCUT2D eigenvalue weighted by Gasteiger charge is -2.37. The van der Waals surface area contributed by atoms with E-state index < -0.39 is 0 Å². The van der Waals surface area contributed by atoms with Crippen LogP contribution in [0.15, 0.2) is 18.2 Å². The number of hydrogen-bond acceptors (Lipinski definition) is 3. The van der Waals surface area contributed by atoms with E-state index in [0.717, 1.165) is 45.7 Å². The number of piperazine rings is 1. The number of aryl methyl sites for hydroxylation is 2. The number of nitrogens with zero attached hydrogens (tertiary/aromatic N) is 2. The minimum atomic E-state index is -0.0627. The molecule has 0 aromatic heterocycles. The van der Waals surface area contributed by atoms with E-state index in [0.29, 0.717) is 6.54 Å². The molecule has 1 aromatic carbocycles. The zero-order valence-corrected chi connectivity index (χ0v) is 16.7. The van der Waals surface area contributed by atoms with Crippen LogP contribution in [0.5, 0.6) is 0 Å². The molecule has 25 heavy (non-hydrogen) atoms. The van der Waals surface area contributed by atoms with Crippen molar-refractivity contribution in [2.75, 3.05) is 50.7 Å². The second kappa shape index (κ2) is 11.7. The Labute approximate surface area is 153 Å². The van der Waals surface area contributed by atoms with Crippen molar-refractivity contribution in [1.82, 2.24) is 15.5 Å². The zero-order chi connectivity index (χ0) is 18.7. The van der Waals surface area contributed by atoms with Gasteiger partial charge in [0.2, 0.25) is 0 Å². The van der Waals surface area contributed by atoms with E-state index >= 15 is 0 Å². The summed E-state index contributed by atoms with van der Waals surface area (Å²) in [5.41, 5.74) is 4.06. The topological polar surface area (TPSA) is 47.6 Å². The summed E-state index contributed by atoms with van der Waals surface area (Å²) in [6.07, 6.45) is 1.00. The summed E-state index contributed by atoms with van der Waals surface area (Å²) in [4.78, 5) is 16.3. The minimum absolute atomic E-state index is 0.0627. The first kappa shape index (κ1) is 21.3. The maximum Gasteiger partial charge on any atom is 0.314 e. The van der Waals surface area contributed by atoms with E-state index in [1.807, 2.05) is 20.8 Å². The molecule has 1 fully saturated rings. The molecule has 0 saturated carbocycles. The molecule has 142 valence electrons. The van der Waals surface area contributed by atoms with Gasteiger partial charge in [-0.05, 0) is 50.9 Å². The van der Waals surface area contributed by atoms with Gasteiger partial charge in [-0.25, -0.2) is 4.79 Å². The number of rotatable bonds is 6. The Bertz CT molecular complexity index is 510. The van der Waals surface area contributed by atoms with E-state index in [4.69, 9.17) is 0 Å². The van der Waals surface area contributed by atoms with E-state index in [1.165, 1.54) is 16.8 Å². The normalized spacial score (nSPS) is 14.5. The standard InChI is InChI=1S/C18H30N4O.C2H6/c1-4-19-18(23)20-8-5-9-21-10-12-22(13-11-21)17-14-15(2)6-7-16(17)3;1-2/h6-7,14H,4-5,8-13H2,1-3H3,(H2,19,20,23);1-2H3. The molecule has 1 aliphatic rings. The van der Waals surface area contributed by atoms with Gasteiger partial charge in [-0.3, -0.25) is 4.90 Å². The van der Waals surface area contributed by atoms with E-state index in [9.17, 15) is 4.79 Å². The Balaban J connectivity index is 0.00000151. The van der Waals surface area contributed by atoms with Gasteiger partial charge in [-0.2, -0.15) is 0 Å². The minimum Gasteiger partial charge on any atom is -0.369 e. The van der Waals surface area contributed by atoms with Crippen molar-refractivity contribution in [3.8, 4) is 0 Å². The third kappa shape index (κ3) is 7.34. The van der Waals surface area contributed by atoms with E-state index in [2.05, 4.69) is 52.5 Å². The maximum atomic E-state index is 11.3. The predicted octanol–water partition coefficient (Wildman–Crippen LogP) is 3.16. The van der Waals surface area contributed by atoms with Crippen LogP contribution in [0.3, 0.4) is 0 Å². The highest BCUT2D eigenvalue weighted by atomic mass is 16.2. The van der Waals surface area contributed by atoms with Crippen LogP contribution < -0.4 is 15.5 Å². The average molecular weight is 349 g/mol. The third-order valence-electron chi connectivity index (χ3n) is 4.35. The van der Waals surface area contributed by atoms with Crippen LogP contribution in [0.1, 0.15) is 38.3 Å². The number of benzene rings is 1. The Morgan fingerprint density at radius 1 is 1.08 bits per heavy atom. The highest BCUT2D eigenvalue weighted by Crippen LogP contribution is 2.22. The molecule has 0 spiro atoms. The van der Waals surface area contributed by atoms with Crippen molar-refractivity contribution in [1.29, 1.82) is 0 Å². The monoisotopic (exact) mass is 348 g/mol. The molecule has 5 heteroatoms. The molecular formula is C20H36N4O. The first-order chi connectivity index (χ1) is 12.1. The number of carbonyl (C=O) groups is 1. The maximum absolute atomic E-state index is 11.3. The van der Waals surface area contributed by atoms with Gasteiger partial charge in [-0.15, -0.1) is 0 Å². The van der Waals surface area contributed by atoms with E-state index in [-0.39, 0.29) is 6.03 Å². The van der Waals surface area contributed by atoms with Crippen molar-refractivity contribution < 1.29 is 4.79 Å². The van der Waals surface area contributed by atoms with Gasteiger partial charge in [0.25, 0.3) is 0 Å². The highest BCUT2D eigenvalue weighted by molar-refractivity contribution is 5.73. The molecule has 0 aliphatic carbocycles. The highest BCUT2D eigenvalue weighted by Gasteiger charge is 2.18. The summed E-state index contributed by atoms with van der Waals surface area (Å²) in [7, 11) is 0. The van der Waals surface area contributed by atoms with Gasteiger partial charge in [-0.1, -0.05) is 26.0 Å². The second-order valence-corrected chi connectivity index (χ2v) is 6.26. The average Bonchev–Trinajstić information content (AvgIpc) is 2.63. The molecule has 1 heterocycles. The predicted molar refractivity (Wildman–Crippen MR) is 108 cm³/mol. The number of anilines is 1. The van der Waals surface area contributed by atoms with Crippen LogP contribution >= 0.6 is 0 Å². The Hall–Kier alpha value is -1.75. The van der Waals surface area contributed by atoms with Crippen molar-refractivity contribution in [3.05, 3.63) is 29.3 Å². The van der Waals surface area contributed by atoms with Crippen molar-refractivity contribution in [3.63, 3.8) is 0 Å². The number of nitrogens with one attached hydrogen (secondary N) is 2. The fraction of sp³-hybridized carbons (Fsp3) is 0.650. The third-order valence-corrected chi connectivity index (χ3v) is 4.35. The molecule has 5 nitrogen and oxygen atoms in total. The van der Waals surface area contributed by atoms with Gasteiger partial charge in [0.1, 0.15) is 0 Å². The summed E-state index contributed by atoms with van der Waals surface area (Å²) in [5, 5.41) is 5.63. The lowest BCUT2D eigenvalue weighted by atomic mass is 10.1. The molecule has 2 N–H and O–H groups in total. The van der Waals surface area contributed by atoms with Gasteiger partial charge in [0, 0.05) is 45.0 Å². The summed E-state index contributed by atoms with van der Waals surface area (Å²) < 4.78 is 0. The van der Waals surface area contributed by atoms with Gasteiger partial charge >= 0.3 is 6.03 Å². The Morgan fingerprint density at radius 2 is 1.76 bits per heavy atom. The van der Waals surface area contributed by atoms with Crippen LogP contribution in [0.25, 0.3) is 0 Å². The fourth-order valence-corrected chi connectivity index (χ4v) is 3.00. The van der Waals surface area contributed by atoms with Gasteiger partial charge in [0.05, 0.1) is 0 Å². The molecule has 0 radical (unpaired) electrons. The first-order valence-electron chi connectivity index (χ1n) is 9.66. The molecular weight excluding hydrogens is 312 g/mol. The fourth-order valence-electron chi connectivity index (χ4n) is 3.00. The summed E-state index contributed by atoms with van der Waals surface area (Å²) in [5.74, 6) is 0. The Morgan fingerprint density at radius 3 is 2.40 bits per heavy atom. The van der Waals surface area contributed by atoms with Crippen molar-refractivity contribution in [2.45, 2.75) is 41.0 Å². The van der Waals surface area contributed by atoms with Crippen molar-refractivity contribution in [2.24, 2.45) is 0 Å². The summed E-state index contributed by atoms with van der Waals surface area (Å²) >= 11 is 0. The molecule has 2 rings (SSSR count). The lowest BCUT2D eigenvalue weighted by Crippen LogP contribution is -2.47. The van der Waals surface area contributed by atoms with Gasteiger partial charge < -0.3 is 15.5 Å². The number of carbonyl (C=O) groups excluding carboxylic acids is 1. The van der Waals surface area contributed by atoms with Gasteiger partial charge in [0.15, 0.2) is 0 Å². The molecule has 2 amide bonds. The summed E-state index contributed by atoms with van der Waals surface area (Å²) in [6.45, 7) is 17.1. The zero-order valence-electron chi connectivity index (χ0n) is 16.7. The number of amides is 2. The molecule has 1 saturated heterocycles. The van der Waals surface area contributed by atoms with Crippen LogP contribution in [-0.4, -0.2) is 56.7 Å².